The molecule has 0 spiro atoms. The van der Waals surface area contributed by atoms with Crippen LogP contribution in [-0.4, -0.2) is 17.2 Å². The van der Waals surface area contributed by atoms with E-state index in [1.54, 1.807) is 0 Å². The summed E-state index contributed by atoms with van der Waals surface area (Å²) in [5.74, 6) is 0. The SMILES string of the molecule is CCC(N)Cc1cccc2cccc(C(O)C(N)CC)c12. The minimum absolute atomic E-state index is 0.139. The van der Waals surface area contributed by atoms with Crippen LogP contribution in [0.2, 0.25) is 0 Å². The molecule has 0 bridgehead atoms. The Morgan fingerprint density at radius 3 is 2.29 bits per heavy atom. The molecule has 0 radical (unpaired) electrons. The highest BCUT2D eigenvalue weighted by Crippen LogP contribution is 2.30. The van der Waals surface area contributed by atoms with Crippen molar-refractivity contribution < 1.29 is 5.11 Å². The Bertz CT molecular complexity index is 592. The van der Waals surface area contributed by atoms with Crippen LogP contribution < -0.4 is 11.5 Å². The molecule has 3 unspecified atom stereocenters. The molecular formula is C18H26N2O. The average molecular weight is 286 g/mol. The van der Waals surface area contributed by atoms with E-state index in [0.29, 0.717) is 0 Å². The van der Waals surface area contributed by atoms with Crippen LogP contribution in [0.1, 0.15) is 43.9 Å². The van der Waals surface area contributed by atoms with Gasteiger partial charge in [0.25, 0.3) is 0 Å². The maximum absolute atomic E-state index is 10.5. The third kappa shape index (κ3) is 3.43. The lowest BCUT2D eigenvalue weighted by Gasteiger charge is -2.21. The Kier molecular flexibility index (Phi) is 5.34. The van der Waals surface area contributed by atoms with E-state index < -0.39 is 6.10 Å². The first-order valence-electron chi connectivity index (χ1n) is 7.78. The highest BCUT2D eigenvalue weighted by molar-refractivity contribution is 5.89. The van der Waals surface area contributed by atoms with Gasteiger partial charge in [-0.1, -0.05) is 50.2 Å². The molecule has 2 aromatic carbocycles. The molecule has 0 saturated carbocycles. The molecule has 0 aliphatic carbocycles. The number of hydrogen-bond acceptors (Lipinski definition) is 3. The molecular weight excluding hydrogens is 260 g/mol. The predicted octanol–water partition coefficient (Wildman–Crippen LogP) is 2.89. The fourth-order valence-corrected chi connectivity index (χ4v) is 2.75. The zero-order valence-electron chi connectivity index (χ0n) is 12.9. The molecule has 0 heterocycles. The molecule has 114 valence electrons. The lowest BCUT2D eigenvalue weighted by atomic mass is 9.90. The van der Waals surface area contributed by atoms with Crippen molar-refractivity contribution in [3.05, 3.63) is 47.5 Å². The molecule has 0 fully saturated rings. The van der Waals surface area contributed by atoms with Gasteiger partial charge in [0.05, 0.1) is 6.10 Å². The summed E-state index contributed by atoms with van der Waals surface area (Å²) in [6, 6.07) is 12.1. The van der Waals surface area contributed by atoms with E-state index in [9.17, 15) is 5.11 Å². The molecule has 0 amide bonds. The van der Waals surface area contributed by atoms with Gasteiger partial charge in [0, 0.05) is 12.1 Å². The second-order valence-corrected chi connectivity index (χ2v) is 5.75. The van der Waals surface area contributed by atoms with Crippen molar-refractivity contribution in [2.24, 2.45) is 11.5 Å². The fraction of sp³-hybridized carbons (Fsp3) is 0.444. The van der Waals surface area contributed by atoms with Crippen molar-refractivity contribution in [2.45, 2.75) is 51.3 Å². The first kappa shape index (κ1) is 16.0. The number of benzene rings is 2. The molecule has 2 rings (SSSR count). The van der Waals surface area contributed by atoms with Crippen LogP contribution in [0.3, 0.4) is 0 Å². The number of aliphatic hydroxyl groups is 1. The van der Waals surface area contributed by atoms with Crippen LogP contribution in [0.25, 0.3) is 10.8 Å². The van der Waals surface area contributed by atoms with Crippen molar-refractivity contribution in [3.63, 3.8) is 0 Å². The summed E-state index contributed by atoms with van der Waals surface area (Å²) in [6.07, 6.45) is 1.86. The van der Waals surface area contributed by atoms with E-state index in [2.05, 4.69) is 31.2 Å². The first-order chi connectivity index (χ1) is 10.1. The van der Waals surface area contributed by atoms with Crippen molar-refractivity contribution in [1.82, 2.24) is 0 Å². The molecule has 2 aromatic rings. The van der Waals surface area contributed by atoms with Crippen LogP contribution in [0.4, 0.5) is 0 Å². The lowest BCUT2D eigenvalue weighted by Crippen LogP contribution is -2.28. The van der Waals surface area contributed by atoms with E-state index in [0.717, 1.165) is 35.6 Å². The summed E-state index contributed by atoms with van der Waals surface area (Å²) in [6.45, 7) is 4.09. The van der Waals surface area contributed by atoms with Gasteiger partial charge in [-0.3, -0.25) is 0 Å². The van der Waals surface area contributed by atoms with Crippen molar-refractivity contribution in [2.75, 3.05) is 0 Å². The van der Waals surface area contributed by atoms with Crippen LogP contribution in [0, 0.1) is 0 Å². The fourth-order valence-electron chi connectivity index (χ4n) is 2.75. The molecule has 5 N–H and O–H groups in total. The summed E-state index contributed by atoms with van der Waals surface area (Å²) in [5.41, 5.74) is 14.3. The lowest BCUT2D eigenvalue weighted by molar-refractivity contribution is 0.146. The Morgan fingerprint density at radius 1 is 1.00 bits per heavy atom. The van der Waals surface area contributed by atoms with E-state index in [4.69, 9.17) is 11.5 Å². The molecule has 0 aliphatic rings. The smallest absolute Gasteiger partial charge is 0.0946 e. The summed E-state index contributed by atoms with van der Waals surface area (Å²) < 4.78 is 0. The first-order valence-corrected chi connectivity index (χ1v) is 7.78. The van der Waals surface area contributed by atoms with Gasteiger partial charge in [0.2, 0.25) is 0 Å². The number of hydrogen-bond donors (Lipinski definition) is 3. The van der Waals surface area contributed by atoms with Crippen LogP contribution >= 0.6 is 0 Å². The maximum Gasteiger partial charge on any atom is 0.0946 e. The molecule has 21 heavy (non-hydrogen) atoms. The predicted molar refractivity (Wildman–Crippen MR) is 89.1 cm³/mol. The molecule has 0 saturated heterocycles. The normalized spacial score (nSPS) is 15.9. The van der Waals surface area contributed by atoms with Gasteiger partial charge >= 0.3 is 0 Å². The minimum atomic E-state index is -0.641. The van der Waals surface area contributed by atoms with Gasteiger partial charge in [-0.2, -0.15) is 0 Å². The molecule has 0 aromatic heterocycles. The van der Waals surface area contributed by atoms with E-state index in [1.807, 2.05) is 19.1 Å². The largest absolute Gasteiger partial charge is 0.387 e. The summed E-state index contributed by atoms with van der Waals surface area (Å²) in [7, 11) is 0. The van der Waals surface area contributed by atoms with Crippen LogP contribution in [-0.2, 0) is 6.42 Å². The molecule has 3 nitrogen and oxygen atoms in total. The van der Waals surface area contributed by atoms with Crippen LogP contribution in [0.5, 0.6) is 0 Å². The Morgan fingerprint density at radius 2 is 1.67 bits per heavy atom. The van der Waals surface area contributed by atoms with E-state index in [1.165, 1.54) is 5.56 Å². The van der Waals surface area contributed by atoms with Gasteiger partial charge in [0.1, 0.15) is 0 Å². The number of aliphatic hydroxyl groups excluding tert-OH is 1. The van der Waals surface area contributed by atoms with Gasteiger partial charge in [-0.15, -0.1) is 0 Å². The second kappa shape index (κ2) is 7.03. The van der Waals surface area contributed by atoms with E-state index in [-0.39, 0.29) is 12.1 Å². The minimum Gasteiger partial charge on any atom is -0.387 e. The highest BCUT2D eigenvalue weighted by atomic mass is 16.3. The van der Waals surface area contributed by atoms with Crippen molar-refractivity contribution in [1.29, 1.82) is 0 Å². The third-order valence-electron chi connectivity index (χ3n) is 4.23. The average Bonchev–Trinajstić information content (AvgIpc) is 2.52. The van der Waals surface area contributed by atoms with Gasteiger partial charge in [-0.05, 0) is 41.2 Å². The molecule has 3 heteroatoms. The summed E-state index contributed by atoms with van der Waals surface area (Å²) in [4.78, 5) is 0. The van der Waals surface area contributed by atoms with Crippen LogP contribution in [0.15, 0.2) is 36.4 Å². The highest BCUT2D eigenvalue weighted by Gasteiger charge is 2.19. The van der Waals surface area contributed by atoms with Gasteiger partial charge in [0.15, 0.2) is 0 Å². The summed E-state index contributed by atoms with van der Waals surface area (Å²) >= 11 is 0. The molecule has 0 aliphatic heterocycles. The van der Waals surface area contributed by atoms with Crippen molar-refractivity contribution in [3.8, 4) is 0 Å². The van der Waals surface area contributed by atoms with E-state index >= 15 is 0 Å². The standard InChI is InChI=1S/C18H26N2O/c1-3-14(19)11-13-9-5-7-12-8-6-10-15(17(12)13)18(21)16(20)4-2/h5-10,14,16,18,21H,3-4,11,19-20H2,1-2H3. The number of fused-ring (bicyclic) bond motifs is 1. The second-order valence-electron chi connectivity index (χ2n) is 5.75. The quantitative estimate of drug-likeness (QED) is 0.764. The monoisotopic (exact) mass is 286 g/mol. The van der Waals surface area contributed by atoms with Gasteiger partial charge in [-0.25, -0.2) is 0 Å². The molecule has 3 atom stereocenters. The van der Waals surface area contributed by atoms with Crippen molar-refractivity contribution >= 4 is 10.8 Å². The summed E-state index contributed by atoms with van der Waals surface area (Å²) in [5, 5.41) is 12.8. The zero-order chi connectivity index (χ0) is 15.4. The zero-order valence-corrected chi connectivity index (χ0v) is 12.9. The Balaban J connectivity index is 2.55. The maximum atomic E-state index is 10.5. The third-order valence-corrected chi connectivity index (χ3v) is 4.23. The van der Waals surface area contributed by atoms with Gasteiger partial charge < -0.3 is 16.6 Å². The number of nitrogens with two attached hydrogens (primary N) is 2. The Hall–Kier alpha value is -1.42. The Labute approximate surface area is 127 Å². The number of rotatable bonds is 6. The topological polar surface area (TPSA) is 72.3 Å².